The van der Waals surface area contributed by atoms with E-state index in [1.807, 2.05) is 0 Å². The van der Waals surface area contributed by atoms with E-state index in [9.17, 15) is 9.59 Å². The topological polar surface area (TPSA) is 54.4 Å². The Morgan fingerprint density at radius 2 is 1.94 bits per heavy atom. The lowest BCUT2D eigenvalue weighted by Crippen LogP contribution is -2.07. The predicted molar refractivity (Wildman–Crippen MR) is 62.2 cm³/mol. The zero-order chi connectivity index (χ0) is 12.3. The van der Waals surface area contributed by atoms with E-state index < -0.39 is 11.8 Å². The van der Waals surface area contributed by atoms with Crippen LogP contribution >= 0.6 is 23.2 Å². The van der Waals surface area contributed by atoms with Crippen LogP contribution in [-0.4, -0.2) is 16.9 Å². The summed E-state index contributed by atoms with van der Waals surface area (Å²) >= 11 is 11.5. The normalized spacial score (nSPS) is 9.88. The number of rotatable bonds is 4. The molecule has 1 N–H and O–H groups in total. The van der Waals surface area contributed by atoms with E-state index in [0.717, 1.165) is 0 Å². The molecule has 0 bridgehead atoms. The van der Waals surface area contributed by atoms with Crippen LogP contribution in [0.5, 0.6) is 0 Å². The fourth-order valence-electron chi connectivity index (χ4n) is 1.08. The molecule has 0 saturated heterocycles. The van der Waals surface area contributed by atoms with Crippen molar-refractivity contribution in [1.82, 2.24) is 0 Å². The van der Waals surface area contributed by atoms with E-state index in [-0.39, 0.29) is 22.6 Å². The third kappa shape index (κ3) is 3.08. The van der Waals surface area contributed by atoms with Crippen molar-refractivity contribution in [3.63, 3.8) is 0 Å². The number of hydrogen-bond acceptors (Lipinski definition) is 2. The van der Waals surface area contributed by atoms with Crippen LogP contribution in [0.3, 0.4) is 0 Å². The average Bonchev–Trinajstić information content (AvgIpc) is 2.16. The van der Waals surface area contributed by atoms with Gasteiger partial charge in [-0.2, -0.15) is 0 Å². The highest BCUT2D eigenvalue weighted by molar-refractivity contribution is 6.36. The van der Waals surface area contributed by atoms with Gasteiger partial charge in [-0.05, 0) is 18.2 Å². The van der Waals surface area contributed by atoms with Crippen molar-refractivity contribution in [3.05, 3.63) is 46.0 Å². The van der Waals surface area contributed by atoms with E-state index in [4.69, 9.17) is 28.3 Å². The van der Waals surface area contributed by atoms with Gasteiger partial charge >= 0.3 is 5.97 Å². The predicted octanol–water partition coefficient (Wildman–Crippen LogP) is 3.21. The fraction of sp³-hybridized carbons (Fsp3) is 0.0909. The number of hydrogen-bond donors (Lipinski definition) is 1. The van der Waals surface area contributed by atoms with Crippen LogP contribution in [0.2, 0.25) is 10.0 Å². The smallest absolute Gasteiger partial charge is 0.331 e. The van der Waals surface area contributed by atoms with Gasteiger partial charge in [0.25, 0.3) is 0 Å². The molecule has 1 aromatic rings. The Bertz CT molecular complexity index is 466. The lowest BCUT2D eigenvalue weighted by molar-refractivity contribution is -0.132. The minimum atomic E-state index is -1.20. The molecule has 0 spiro atoms. The molecule has 5 heteroatoms. The van der Waals surface area contributed by atoms with Gasteiger partial charge in [0.05, 0.1) is 5.02 Å². The highest BCUT2D eigenvalue weighted by atomic mass is 35.5. The summed E-state index contributed by atoms with van der Waals surface area (Å²) in [5.74, 6) is -1.59. The molecule has 0 aliphatic heterocycles. The maximum absolute atomic E-state index is 11.6. The molecule has 0 aromatic heterocycles. The molecule has 0 radical (unpaired) electrons. The van der Waals surface area contributed by atoms with Gasteiger partial charge in [0.1, 0.15) is 0 Å². The highest BCUT2D eigenvalue weighted by Crippen LogP contribution is 2.22. The summed E-state index contributed by atoms with van der Waals surface area (Å²) in [5.41, 5.74) is 0.0736. The minimum Gasteiger partial charge on any atom is -0.478 e. The van der Waals surface area contributed by atoms with Gasteiger partial charge in [0.15, 0.2) is 5.78 Å². The summed E-state index contributed by atoms with van der Waals surface area (Å²) in [6.45, 7) is 3.28. The van der Waals surface area contributed by atoms with Crippen LogP contribution in [0.15, 0.2) is 30.4 Å². The van der Waals surface area contributed by atoms with Crippen molar-refractivity contribution in [2.45, 2.75) is 6.42 Å². The zero-order valence-electron chi connectivity index (χ0n) is 8.17. The van der Waals surface area contributed by atoms with Crippen LogP contribution in [0.25, 0.3) is 0 Å². The van der Waals surface area contributed by atoms with Gasteiger partial charge in [0.2, 0.25) is 0 Å². The van der Waals surface area contributed by atoms with Crippen molar-refractivity contribution < 1.29 is 14.7 Å². The number of carboxylic acid groups (broad SMARTS) is 1. The van der Waals surface area contributed by atoms with E-state index in [1.54, 1.807) is 0 Å². The lowest BCUT2D eigenvalue weighted by Gasteiger charge is -2.03. The van der Waals surface area contributed by atoms with Gasteiger partial charge in [0, 0.05) is 22.6 Å². The Kier molecular flexibility index (Phi) is 4.10. The standard InChI is InChI=1S/C11H8Cl2O3/c1-6(11(15)16)4-10(14)8-3-2-7(12)5-9(8)13/h2-3,5H,1,4H2,(H,15,16). The van der Waals surface area contributed by atoms with Gasteiger partial charge in [-0.3, -0.25) is 4.79 Å². The fourth-order valence-corrected chi connectivity index (χ4v) is 1.59. The lowest BCUT2D eigenvalue weighted by atomic mass is 10.0. The van der Waals surface area contributed by atoms with Gasteiger partial charge in [-0.15, -0.1) is 0 Å². The first-order valence-electron chi connectivity index (χ1n) is 4.31. The highest BCUT2D eigenvalue weighted by Gasteiger charge is 2.15. The van der Waals surface area contributed by atoms with Crippen LogP contribution in [0.1, 0.15) is 16.8 Å². The number of aliphatic carboxylic acids is 1. The van der Waals surface area contributed by atoms with Crippen LogP contribution in [0, 0.1) is 0 Å². The molecule has 0 saturated carbocycles. The Balaban J connectivity index is 2.89. The second-order valence-corrected chi connectivity index (χ2v) is 3.98. The maximum atomic E-state index is 11.6. The molecule has 0 aliphatic carbocycles. The summed E-state index contributed by atoms with van der Waals surface area (Å²) < 4.78 is 0. The van der Waals surface area contributed by atoms with Crippen LogP contribution in [-0.2, 0) is 4.79 Å². The number of halogens is 2. The summed E-state index contributed by atoms with van der Waals surface area (Å²) in [7, 11) is 0. The Hall–Kier alpha value is -1.32. The molecule has 0 atom stereocenters. The monoisotopic (exact) mass is 258 g/mol. The van der Waals surface area contributed by atoms with Crippen molar-refractivity contribution in [1.29, 1.82) is 0 Å². The van der Waals surface area contributed by atoms with E-state index in [2.05, 4.69) is 6.58 Å². The molecule has 3 nitrogen and oxygen atoms in total. The number of Topliss-reactive ketones (excluding diaryl/α,β-unsaturated/α-hetero) is 1. The van der Waals surface area contributed by atoms with Crippen molar-refractivity contribution >= 4 is 35.0 Å². The van der Waals surface area contributed by atoms with Crippen molar-refractivity contribution in [2.24, 2.45) is 0 Å². The Morgan fingerprint density at radius 3 is 2.44 bits per heavy atom. The largest absolute Gasteiger partial charge is 0.478 e. The minimum absolute atomic E-state index is 0.170. The van der Waals surface area contributed by atoms with Gasteiger partial charge in [-0.25, -0.2) is 4.79 Å². The number of carboxylic acids is 1. The number of benzene rings is 1. The molecule has 0 heterocycles. The van der Waals surface area contributed by atoms with Gasteiger partial charge < -0.3 is 5.11 Å². The number of ketones is 1. The number of carbonyl (C=O) groups excluding carboxylic acids is 1. The quantitative estimate of drug-likeness (QED) is 0.667. The average molecular weight is 259 g/mol. The number of carbonyl (C=O) groups is 2. The summed E-state index contributed by atoms with van der Waals surface area (Å²) in [6, 6.07) is 4.41. The van der Waals surface area contributed by atoms with Crippen LogP contribution < -0.4 is 0 Å². The second-order valence-electron chi connectivity index (χ2n) is 3.13. The molecule has 1 aromatic carbocycles. The summed E-state index contributed by atoms with van der Waals surface area (Å²) in [5, 5.41) is 9.21. The van der Waals surface area contributed by atoms with Crippen LogP contribution in [0.4, 0.5) is 0 Å². The Morgan fingerprint density at radius 1 is 1.31 bits per heavy atom. The Labute approximate surface area is 102 Å². The molecular formula is C11H8Cl2O3. The van der Waals surface area contributed by atoms with E-state index in [1.165, 1.54) is 18.2 Å². The first-order valence-corrected chi connectivity index (χ1v) is 5.06. The van der Waals surface area contributed by atoms with Gasteiger partial charge in [-0.1, -0.05) is 29.8 Å². The zero-order valence-corrected chi connectivity index (χ0v) is 9.68. The van der Waals surface area contributed by atoms with Crippen molar-refractivity contribution in [3.8, 4) is 0 Å². The third-order valence-electron chi connectivity index (χ3n) is 1.91. The molecule has 0 fully saturated rings. The second kappa shape index (κ2) is 5.14. The van der Waals surface area contributed by atoms with E-state index in [0.29, 0.717) is 5.02 Å². The first kappa shape index (κ1) is 12.7. The summed E-state index contributed by atoms with van der Waals surface area (Å²) in [6.07, 6.45) is -0.267. The molecule has 1 rings (SSSR count). The molecule has 0 unspecified atom stereocenters. The summed E-state index contributed by atoms with van der Waals surface area (Å²) in [4.78, 5) is 22.1. The third-order valence-corrected chi connectivity index (χ3v) is 2.46. The van der Waals surface area contributed by atoms with E-state index >= 15 is 0 Å². The molecule has 0 amide bonds. The SMILES string of the molecule is C=C(CC(=O)c1ccc(Cl)cc1Cl)C(=O)O. The molecule has 84 valence electrons. The molecule has 16 heavy (non-hydrogen) atoms. The molecule has 0 aliphatic rings. The first-order chi connectivity index (χ1) is 7.41. The van der Waals surface area contributed by atoms with Crippen molar-refractivity contribution in [2.75, 3.05) is 0 Å². The maximum Gasteiger partial charge on any atom is 0.331 e. The molecular weight excluding hydrogens is 251 g/mol.